The average Bonchev–Trinajstić information content (AvgIpc) is 3.09. The highest BCUT2D eigenvalue weighted by Gasteiger charge is 2.22. The third kappa shape index (κ3) is 4.34. The molecule has 0 aliphatic carbocycles. The zero-order valence-corrected chi connectivity index (χ0v) is 23.7. The van der Waals surface area contributed by atoms with Crippen LogP contribution in [0.4, 0.5) is 17.1 Å². The second-order valence-electron chi connectivity index (χ2n) is 10.9. The molecule has 43 heavy (non-hydrogen) atoms. The molecule has 8 aromatic rings. The molecule has 0 saturated heterocycles. The topological polar surface area (TPSA) is 3.24 Å². The van der Waals surface area contributed by atoms with E-state index in [2.05, 4.69) is 181 Å². The van der Waals surface area contributed by atoms with Gasteiger partial charge < -0.3 is 4.90 Å². The van der Waals surface area contributed by atoms with Gasteiger partial charge in [-0.2, -0.15) is 0 Å². The first-order chi connectivity index (χ1) is 21.4. The first kappa shape index (κ1) is 25.1. The number of fused-ring (bicyclic) bond motifs is 4. The number of anilines is 3. The molecule has 0 saturated carbocycles. The number of hydrogen-bond acceptors (Lipinski definition) is 1. The SMILES string of the molecule is c1ccc(-c2c(-c3cc4ccccc4c4ccccc34)cccc2N(c2ccccc2)c2cccc3ccccc23)cc1. The quantitative estimate of drug-likeness (QED) is 0.194. The molecule has 0 aliphatic rings. The van der Waals surface area contributed by atoms with E-state index in [0.29, 0.717) is 0 Å². The molecule has 8 rings (SSSR count). The standard InChI is InChI=1S/C42H29N/c1-3-16-31(17-4-1)42-38(39-29-32-18-8-9-22-34(32)36-24-11-12-25-37(36)39)26-14-28-41(42)43(33-20-5-2-6-21-33)40-27-13-19-30-15-7-10-23-35(30)40/h1-29H. The Balaban J connectivity index is 1.49. The lowest BCUT2D eigenvalue weighted by atomic mass is 9.87. The Labute approximate surface area is 251 Å². The second-order valence-corrected chi connectivity index (χ2v) is 10.9. The summed E-state index contributed by atoms with van der Waals surface area (Å²) >= 11 is 0. The summed E-state index contributed by atoms with van der Waals surface area (Å²) < 4.78 is 0. The third-order valence-electron chi connectivity index (χ3n) is 8.43. The summed E-state index contributed by atoms with van der Waals surface area (Å²) in [5.41, 5.74) is 8.27. The summed E-state index contributed by atoms with van der Waals surface area (Å²) in [6.07, 6.45) is 0. The monoisotopic (exact) mass is 547 g/mol. The van der Waals surface area contributed by atoms with E-state index < -0.39 is 0 Å². The van der Waals surface area contributed by atoms with Gasteiger partial charge in [-0.25, -0.2) is 0 Å². The molecule has 0 aliphatic heterocycles. The van der Waals surface area contributed by atoms with Crippen LogP contribution in [0, 0.1) is 0 Å². The first-order valence-corrected chi connectivity index (χ1v) is 14.8. The van der Waals surface area contributed by atoms with Gasteiger partial charge in [0.05, 0.1) is 11.4 Å². The Bertz CT molecular complexity index is 2230. The van der Waals surface area contributed by atoms with E-state index in [1.54, 1.807) is 0 Å². The predicted octanol–water partition coefficient (Wildman–Crippen LogP) is 11.9. The van der Waals surface area contributed by atoms with Gasteiger partial charge in [0.15, 0.2) is 0 Å². The molecule has 202 valence electrons. The Morgan fingerprint density at radius 1 is 0.326 bits per heavy atom. The molecule has 8 aromatic carbocycles. The second kappa shape index (κ2) is 10.6. The van der Waals surface area contributed by atoms with E-state index in [9.17, 15) is 0 Å². The summed E-state index contributed by atoms with van der Waals surface area (Å²) in [5.74, 6) is 0. The molecule has 0 heterocycles. The molecular formula is C42H29N. The minimum absolute atomic E-state index is 1.12. The van der Waals surface area contributed by atoms with Gasteiger partial charge in [-0.05, 0) is 74.0 Å². The van der Waals surface area contributed by atoms with E-state index in [4.69, 9.17) is 0 Å². The smallest absolute Gasteiger partial charge is 0.0546 e. The Morgan fingerprint density at radius 3 is 1.67 bits per heavy atom. The summed E-state index contributed by atoms with van der Waals surface area (Å²) in [4.78, 5) is 2.43. The van der Waals surface area contributed by atoms with Crippen LogP contribution in [0.5, 0.6) is 0 Å². The van der Waals surface area contributed by atoms with Crippen molar-refractivity contribution in [1.29, 1.82) is 0 Å². The molecule has 0 atom stereocenters. The van der Waals surface area contributed by atoms with E-state index in [0.717, 1.165) is 17.1 Å². The van der Waals surface area contributed by atoms with E-state index in [-0.39, 0.29) is 0 Å². The largest absolute Gasteiger partial charge is 0.309 e. The molecule has 0 fully saturated rings. The van der Waals surface area contributed by atoms with Crippen molar-refractivity contribution in [2.45, 2.75) is 0 Å². The molecule has 0 amide bonds. The normalized spacial score (nSPS) is 11.3. The molecule has 1 heteroatoms. The van der Waals surface area contributed by atoms with Gasteiger partial charge in [0.25, 0.3) is 0 Å². The fourth-order valence-electron chi connectivity index (χ4n) is 6.52. The Kier molecular flexibility index (Phi) is 6.20. The highest BCUT2D eigenvalue weighted by molar-refractivity contribution is 6.16. The molecule has 0 unspecified atom stereocenters. The Morgan fingerprint density at radius 2 is 0.884 bits per heavy atom. The van der Waals surface area contributed by atoms with Crippen molar-refractivity contribution < 1.29 is 0 Å². The van der Waals surface area contributed by atoms with Crippen molar-refractivity contribution in [1.82, 2.24) is 0 Å². The molecule has 0 spiro atoms. The van der Waals surface area contributed by atoms with Crippen molar-refractivity contribution in [3.8, 4) is 22.3 Å². The molecule has 0 N–H and O–H groups in total. The number of hydrogen-bond donors (Lipinski definition) is 0. The first-order valence-electron chi connectivity index (χ1n) is 14.8. The number of rotatable bonds is 5. The van der Waals surface area contributed by atoms with Gasteiger partial charge in [-0.3, -0.25) is 0 Å². The molecule has 0 aromatic heterocycles. The van der Waals surface area contributed by atoms with Crippen molar-refractivity contribution in [3.05, 3.63) is 176 Å². The summed E-state index contributed by atoms with van der Waals surface area (Å²) in [6.45, 7) is 0. The zero-order valence-electron chi connectivity index (χ0n) is 23.7. The molecular weight excluding hydrogens is 518 g/mol. The van der Waals surface area contributed by atoms with Crippen LogP contribution in [0.15, 0.2) is 176 Å². The van der Waals surface area contributed by atoms with Gasteiger partial charge in [0, 0.05) is 16.6 Å². The lowest BCUT2D eigenvalue weighted by Gasteiger charge is -2.30. The maximum absolute atomic E-state index is 2.43. The van der Waals surface area contributed by atoms with Gasteiger partial charge >= 0.3 is 0 Å². The van der Waals surface area contributed by atoms with E-state index in [1.165, 1.54) is 54.6 Å². The van der Waals surface area contributed by atoms with Crippen LogP contribution in [0.2, 0.25) is 0 Å². The van der Waals surface area contributed by atoms with Gasteiger partial charge in [0.2, 0.25) is 0 Å². The van der Waals surface area contributed by atoms with E-state index >= 15 is 0 Å². The molecule has 1 nitrogen and oxygen atoms in total. The minimum atomic E-state index is 1.12. The van der Waals surface area contributed by atoms with Crippen LogP contribution in [0.25, 0.3) is 54.6 Å². The van der Waals surface area contributed by atoms with Gasteiger partial charge in [-0.1, -0.05) is 146 Å². The third-order valence-corrected chi connectivity index (χ3v) is 8.43. The fourth-order valence-corrected chi connectivity index (χ4v) is 6.52. The van der Waals surface area contributed by atoms with Crippen molar-refractivity contribution in [2.24, 2.45) is 0 Å². The van der Waals surface area contributed by atoms with Crippen molar-refractivity contribution >= 4 is 49.4 Å². The maximum atomic E-state index is 2.43. The van der Waals surface area contributed by atoms with Crippen molar-refractivity contribution in [2.75, 3.05) is 4.90 Å². The average molecular weight is 548 g/mol. The number of benzene rings is 8. The summed E-state index contributed by atoms with van der Waals surface area (Å²) in [7, 11) is 0. The van der Waals surface area contributed by atoms with Crippen LogP contribution in [0.3, 0.4) is 0 Å². The number of nitrogens with zero attached hydrogens (tertiary/aromatic N) is 1. The highest BCUT2D eigenvalue weighted by Crippen LogP contribution is 2.48. The fraction of sp³-hybridized carbons (Fsp3) is 0. The maximum Gasteiger partial charge on any atom is 0.0546 e. The minimum Gasteiger partial charge on any atom is -0.309 e. The lowest BCUT2D eigenvalue weighted by molar-refractivity contribution is 1.30. The summed E-state index contributed by atoms with van der Waals surface area (Å²) in [6, 6.07) is 63.5. The van der Waals surface area contributed by atoms with Crippen LogP contribution >= 0.6 is 0 Å². The van der Waals surface area contributed by atoms with E-state index in [1.807, 2.05) is 0 Å². The molecule has 0 bridgehead atoms. The number of para-hydroxylation sites is 1. The Hall–Kier alpha value is -5.66. The van der Waals surface area contributed by atoms with Gasteiger partial charge in [-0.15, -0.1) is 0 Å². The highest BCUT2D eigenvalue weighted by atomic mass is 15.1. The van der Waals surface area contributed by atoms with Crippen LogP contribution in [-0.4, -0.2) is 0 Å². The van der Waals surface area contributed by atoms with Crippen LogP contribution in [0.1, 0.15) is 0 Å². The van der Waals surface area contributed by atoms with Crippen molar-refractivity contribution in [3.63, 3.8) is 0 Å². The summed E-state index contributed by atoms with van der Waals surface area (Å²) in [5, 5.41) is 7.49. The zero-order chi connectivity index (χ0) is 28.6. The van der Waals surface area contributed by atoms with Crippen LogP contribution < -0.4 is 4.90 Å². The van der Waals surface area contributed by atoms with Crippen LogP contribution in [-0.2, 0) is 0 Å². The van der Waals surface area contributed by atoms with Gasteiger partial charge in [0.1, 0.15) is 0 Å². The predicted molar refractivity (Wildman–Crippen MR) is 185 cm³/mol. The molecule has 0 radical (unpaired) electrons. The lowest BCUT2D eigenvalue weighted by Crippen LogP contribution is -2.12.